The van der Waals surface area contributed by atoms with Crippen LogP contribution in [0, 0.1) is 11.3 Å². The number of hydrogen-bond donors (Lipinski definition) is 1. The van der Waals surface area contributed by atoms with Crippen molar-refractivity contribution in [3.05, 3.63) is 21.9 Å². The Balaban J connectivity index is 2.19. The molecular weight excluding hydrogens is 244 g/mol. The molecule has 16 heavy (non-hydrogen) atoms. The van der Waals surface area contributed by atoms with E-state index in [1.54, 1.807) is 0 Å². The summed E-state index contributed by atoms with van der Waals surface area (Å²) in [5, 5.41) is 13.6. The fourth-order valence-electron chi connectivity index (χ4n) is 1.20. The first-order chi connectivity index (χ1) is 7.51. The summed E-state index contributed by atoms with van der Waals surface area (Å²) in [5.74, 6) is 0.216. The largest absolute Gasteiger partial charge is 0.312 e. The summed E-state index contributed by atoms with van der Waals surface area (Å²) < 4.78 is 21.7. The van der Waals surface area contributed by atoms with Gasteiger partial charge in [0.1, 0.15) is 15.9 Å². The van der Waals surface area contributed by atoms with Gasteiger partial charge in [-0.15, -0.1) is 11.3 Å². The summed E-state index contributed by atoms with van der Waals surface area (Å²) in [4.78, 5) is 1.09. The molecule has 0 spiro atoms. The zero-order chi connectivity index (χ0) is 12.0. The van der Waals surface area contributed by atoms with Gasteiger partial charge in [0.15, 0.2) is 0 Å². The molecule has 1 heterocycles. The van der Waals surface area contributed by atoms with Crippen molar-refractivity contribution in [1.29, 1.82) is 5.26 Å². The lowest BCUT2D eigenvalue weighted by atomic mass is 10.3. The second kappa shape index (κ2) is 5.99. The number of hydrogen-bond acceptors (Lipinski definition) is 5. The smallest absolute Gasteiger partial charge is 0.147 e. The van der Waals surface area contributed by atoms with E-state index in [2.05, 4.69) is 11.4 Å². The van der Waals surface area contributed by atoms with Gasteiger partial charge in [0.2, 0.25) is 0 Å². The topological polar surface area (TPSA) is 70.0 Å². The molecule has 0 radical (unpaired) electrons. The van der Waals surface area contributed by atoms with E-state index >= 15 is 0 Å². The molecule has 6 heteroatoms. The van der Waals surface area contributed by atoms with Crippen molar-refractivity contribution in [2.24, 2.45) is 0 Å². The van der Waals surface area contributed by atoms with Crippen LogP contribution >= 0.6 is 11.3 Å². The van der Waals surface area contributed by atoms with Crippen molar-refractivity contribution < 1.29 is 8.42 Å². The van der Waals surface area contributed by atoms with E-state index in [1.807, 2.05) is 11.4 Å². The minimum Gasteiger partial charge on any atom is -0.312 e. The molecule has 4 nitrogen and oxygen atoms in total. The molecule has 1 aromatic heterocycles. The van der Waals surface area contributed by atoms with Crippen LogP contribution in [0.5, 0.6) is 0 Å². The molecule has 0 unspecified atom stereocenters. The summed E-state index contributed by atoms with van der Waals surface area (Å²) in [5.41, 5.74) is 0.679. The third-order valence-corrected chi connectivity index (χ3v) is 3.92. The Kier molecular flexibility index (Phi) is 4.93. The van der Waals surface area contributed by atoms with Crippen LogP contribution in [0.1, 0.15) is 16.9 Å². The molecule has 0 aromatic carbocycles. The molecule has 1 aromatic rings. The standard InChI is InChI=1S/C10H14N2O2S2/c1-16(13,14)4-2-3-12-7-10-5-9(6-11)8-15-10/h5,8,12H,2-4,7H2,1H3. The molecule has 0 saturated heterocycles. The fourth-order valence-corrected chi connectivity index (χ4v) is 2.65. The van der Waals surface area contributed by atoms with E-state index in [1.165, 1.54) is 17.6 Å². The second-order valence-corrected chi connectivity index (χ2v) is 6.83. The normalized spacial score (nSPS) is 11.2. The van der Waals surface area contributed by atoms with Crippen LogP contribution in [0.25, 0.3) is 0 Å². The number of rotatable bonds is 6. The minimum absolute atomic E-state index is 0.216. The Bertz CT molecular complexity index is 471. The van der Waals surface area contributed by atoms with Gasteiger partial charge >= 0.3 is 0 Å². The summed E-state index contributed by atoms with van der Waals surface area (Å²) in [7, 11) is -2.85. The van der Waals surface area contributed by atoms with Gasteiger partial charge in [-0.05, 0) is 19.0 Å². The molecule has 1 rings (SSSR count). The number of sulfone groups is 1. The Morgan fingerprint density at radius 3 is 2.88 bits per heavy atom. The van der Waals surface area contributed by atoms with E-state index in [0.29, 0.717) is 25.1 Å². The van der Waals surface area contributed by atoms with Crippen molar-refractivity contribution in [3.8, 4) is 6.07 Å². The van der Waals surface area contributed by atoms with Gasteiger partial charge in [-0.2, -0.15) is 5.26 Å². The van der Waals surface area contributed by atoms with Crippen LogP contribution in [-0.4, -0.2) is 27.0 Å². The summed E-state index contributed by atoms with van der Waals surface area (Å²) in [6.07, 6.45) is 1.86. The molecule has 0 amide bonds. The van der Waals surface area contributed by atoms with Gasteiger partial charge in [-0.25, -0.2) is 8.42 Å². The fraction of sp³-hybridized carbons (Fsp3) is 0.500. The van der Waals surface area contributed by atoms with Gasteiger partial charge < -0.3 is 5.32 Å². The summed E-state index contributed by atoms with van der Waals surface area (Å²) >= 11 is 1.53. The molecule has 1 N–H and O–H groups in total. The molecule has 0 bridgehead atoms. The average Bonchev–Trinajstić information content (AvgIpc) is 2.63. The van der Waals surface area contributed by atoms with Crippen LogP contribution < -0.4 is 5.32 Å². The predicted molar refractivity (Wildman–Crippen MR) is 65.1 cm³/mol. The van der Waals surface area contributed by atoms with Crippen molar-refractivity contribution in [2.45, 2.75) is 13.0 Å². The molecule has 0 saturated carbocycles. The molecule has 0 aliphatic carbocycles. The Morgan fingerprint density at radius 1 is 1.56 bits per heavy atom. The van der Waals surface area contributed by atoms with E-state index in [9.17, 15) is 8.42 Å². The predicted octanol–water partition coefficient (Wildman–Crippen LogP) is 1.14. The zero-order valence-electron chi connectivity index (χ0n) is 9.06. The molecule has 88 valence electrons. The molecule has 0 fully saturated rings. The van der Waals surface area contributed by atoms with Gasteiger partial charge in [-0.1, -0.05) is 0 Å². The summed E-state index contributed by atoms with van der Waals surface area (Å²) in [6.45, 7) is 1.36. The average molecular weight is 258 g/mol. The van der Waals surface area contributed by atoms with E-state index in [4.69, 9.17) is 5.26 Å². The summed E-state index contributed by atoms with van der Waals surface area (Å²) in [6, 6.07) is 3.91. The van der Waals surface area contributed by atoms with Crippen LogP contribution in [0.2, 0.25) is 0 Å². The van der Waals surface area contributed by atoms with E-state index in [-0.39, 0.29) is 5.75 Å². The number of nitriles is 1. The highest BCUT2D eigenvalue weighted by atomic mass is 32.2. The third-order valence-electron chi connectivity index (χ3n) is 1.95. The highest BCUT2D eigenvalue weighted by Crippen LogP contribution is 2.13. The third kappa shape index (κ3) is 5.26. The Morgan fingerprint density at radius 2 is 2.31 bits per heavy atom. The van der Waals surface area contributed by atoms with Gasteiger partial charge in [-0.3, -0.25) is 0 Å². The first-order valence-corrected chi connectivity index (χ1v) is 7.81. The Hall–Kier alpha value is -0.900. The number of thiophene rings is 1. The quantitative estimate of drug-likeness (QED) is 0.777. The second-order valence-electron chi connectivity index (χ2n) is 3.57. The first kappa shape index (κ1) is 13.2. The maximum atomic E-state index is 10.8. The van der Waals surface area contributed by atoms with Gasteiger partial charge in [0, 0.05) is 23.1 Å². The van der Waals surface area contributed by atoms with Crippen molar-refractivity contribution >= 4 is 21.2 Å². The molecular formula is C10H14N2O2S2. The zero-order valence-corrected chi connectivity index (χ0v) is 10.7. The SMILES string of the molecule is CS(=O)(=O)CCCNCc1cc(C#N)cs1. The highest BCUT2D eigenvalue weighted by molar-refractivity contribution is 7.90. The highest BCUT2D eigenvalue weighted by Gasteiger charge is 2.01. The van der Waals surface area contributed by atoms with E-state index < -0.39 is 9.84 Å². The van der Waals surface area contributed by atoms with Crippen LogP contribution in [0.15, 0.2) is 11.4 Å². The van der Waals surface area contributed by atoms with Crippen molar-refractivity contribution in [2.75, 3.05) is 18.6 Å². The minimum atomic E-state index is -2.85. The Labute approximate surface area is 99.8 Å². The maximum Gasteiger partial charge on any atom is 0.147 e. The first-order valence-electron chi connectivity index (χ1n) is 4.87. The van der Waals surface area contributed by atoms with Gasteiger partial charge in [0.25, 0.3) is 0 Å². The van der Waals surface area contributed by atoms with Gasteiger partial charge in [0.05, 0.1) is 11.3 Å². The number of nitrogens with one attached hydrogen (secondary N) is 1. The van der Waals surface area contributed by atoms with Crippen LogP contribution in [0.3, 0.4) is 0 Å². The van der Waals surface area contributed by atoms with E-state index in [0.717, 1.165) is 4.88 Å². The van der Waals surface area contributed by atoms with Crippen molar-refractivity contribution in [3.63, 3.8) is 0 Å². The monoisotopic (exact) mass is 258 g/mol. The lowest BCUT2D eigenvalue weighted by Crippen LogP contribution is -2.17. The van der Waals surface area contributed by atoms with Crippen LogP contribution in [0.4, 0.5) is 0 Å². The van der Waals surface area contributed by atoms with Crippen LogP contribution in [-0.2, 0) is 16.4 Å². The molecule has 0 aliphatic rings. The number of nitrogens with zero attached hydrogens (tertiary/aromatic N) is 1. The molecule has 0 aliphatic heterocycles. The molecule has 0 atom stereocenters. The lowest BCUT2D eigenvalue weighted by molar-refractivity contribution is 0.594. The maximum absolute atomic E-state index is 10.8. The van der Waals surface area contributed by atoms with Crippen molar-refractivity contribution in [1.82, 2.24) is 5.32 Å². The lowest BCUT2D eigenvalue weighted by Gasteiger charge is -2.01.